The van der Waals surface area contributed by atoms with Crippen LogP contribution in [0, 0.1) is 13.8 Å². The van der Waals surface area contributed by atoms with Crippen molar-refractivity contribution in [2.24, 2.45) is 4.99 Å². The summed E-state index contributed by atoms with van der Waals surface area (Å²) in [6, 6.07) is 4.21. The van der Waals surface area contributed by atoms with E-state index in [1.54, 1.807) is 0 Å². The minimum atomic E-state index is 0.862. The zero-order valence-electron chi connectivity index (χ0n) is 10.1. The molecule has 1 aromatic carbocycles. The molecule has 1 aliphatic heterocycles. The molecule has 0 atom stereocenters. The predicted molar refractivity (Wildman–Crippen MR) is 70.7 cm³/mol. The number of fused-ring (bicyclic) bond motifs is 1. The summed E-state index contributed by atoms with van der Waals surface area (Å²) in [5.74, 6) is 0.879. The van der Waals surface area contributed by atoms with Crippen molar-refractivity contribution in [3.05, 3.63) is 41.2 Å². The first-order valence-electron chi connectivity index (χ1n) is 5.93. The van der Waals surface area contributed by atoms with Crippen LogP contribution in [0.5, 0.6) is 0 Å². The molecule has 0 aliphatic carbocycles. The van der Waals surface area contributed by atoms with E-state index in [0.29, 0.717) is 0 Å². The highest BCUT2D eigenvalue weighted by atomic mass is 15.0. The molecule has 3 nitrogen and oxygen atoms in total. The lowest BCUT2D eigenvalue weighted by molar-refractivity contribution is 0.989. The summed E-state index contributed by atoms with van der Waals surface area (Å²) in [5.41, 5.74) is 5.62. The van der Waals surface area contributed by atoms with E-state index >= 15 is 0 Å². The number of aryl methyl sites for hydroxylation is 2. The first-order chi connectivity index (χ1) is 8.25. The van der Waals surface area contributed by atoms with E-state index in [4.69, 9.17) is 0 Å². The fourth-order valence-electron chi connectivity index (χ4n) is 2.10. The SMILES string of the molecule is Cc1ccc2[nH]c(C3=NCCC=C3)nc2c1C. The highest BCUT2D eigenvalue weighted by molar-refractivity contribution is 6.08. The highest BCUT2D eigenvalue weighted by Crippen LogP contribution is 2.20. The Kier molecular flexibility index (Phi) is 2.32. The van der Waals surface area contributed by atoms with E-state index in [-0.39, 0.29) is 0 Å². The van der Waals surface area contributed by atoms with E-state index in [0.717, 1.165) is 35.5 Å². The first kappa shape index (κ1) is 10.3. The Morgan fingerprint density at radius 3 is 2.88 bits per heavy atom. The Labute approximate surface area is 100 Å². The van der Waals surface area contributed by atoms with E-state index in [1.165, 1.54) is 11.1 Å². The van der Waals surface area contributed by atoms with E-state index in [1.807, 2.05) is 6.08 Å². The Morgan fingerprint density at radius 2 is 2.12 bits per heavy atom. The lowest BCUT2D eigenvalue weighted by Gasteiger charge is -2.01. The van der Waals surface area contributed by atoms with Crippen LogP contribution in [0.3, 0.4) is 0 Å². The van der Waals surface area contributed by atoms with Crippen molar-refractivity contribution in [1.82, 2.24) is 9.97 Å². The van der Waals surface area contributed by atoms with Gasteiger partial charge in [-0.1, -0.05) is 12.1 Å². The van der Waals surface area contributed by atoms with Crippen molar-refractivity contribution in [2.45, 2.75) is 20.3 Å². The third-order valence-corrected chi connectivity index (χ3v) is 3.27. The Bertz CT molecular complexity index is 632. The number of dihydropyridines is 1. The first-order valence-corrected chi connectivity index (χ1v) is 5.93. The number of benzene rings is 1. The lowest BCUT2D eigenvalue weighted by Crippen LogP contribution is -2.04. The number of H-pyrrole nitrogens is 1. The van der Waals surface area contributed by atoms with Crippen LogP contribution in [-0.4, -0.2) is 22.2 Å². The van der Waals surface area contributed by atoms with Crippen LogP contribution in [0.15, 0.2) is 29.3 Å². The zero-order chi connectivity index (χ0) is 11.8. The van der Waals surface area contributed by atoms with E-state index in [2.05, 4.69) is 47.0 Å². The molecule has 0 spiro atoms. The molecule has 0 bridgehead atoms. The summed E-state index contributed by atoms with van der Waals surface area (Å²) in [5, 5.41) is 0. The van der Waals surface area contributed by atoms with Gasteiger partial charge in [-0.05, 0) is 43.5 Å². The fraction of sp³-hybridized carbons (Fsp3) is 0.286. The van der Waals surface area contributed by atoms with Crippen LogP contribution in [-0.2, 0) is 0 Å². The minimum Gasteiger partial charge on any atom is -0.337 e. The normalized spacial score (nSPS) is 15.3. The largest absolute Gasteiger partial charge is 0.337 e. The average Bonchev–Trinajstić information content (AvgIpc) is 2.80. The molecule has 2 heterocycles. The number of hydrogen-bond donors (Lipinski definition) is 1. The van der Waals surface area contributed by atoms with Gasteiger partial charge in [-0.3, -0.25) is 4.99 Å². The number of aliphatic imine (C=N–C) groups is 1. The minimum absolute atomic E-state index is 0.862. The number of nitrogens with one attached hydrogen (secondary N) is 1. The quantitative estimate of drug-likeness (QED) is 0.796. The molecular weight excluding hydrogens is 210 g/mol. The van der Waals surface area contributed by atoms with Crippen molar-refractivity contribution in [3.8, 4) is 0 Å². The van der Waals surface area contributed by atoms with Crippen LogP contribution < -0.4 is 0 Å². The molecule has 2 aromatic rings. The third kappa shape index (κ3) is 1.68. The molecule has 3 heteroatoms. The van der Waals surface area contributed by atoms with Gasteiger partial charge in [-0.2, -0.15) is 0 Å². The third-order valence-electron chi connectivity index (χ3n) is 3.27. The summed E-state index contributed by atoms with van der Waals surface area (Å²) in [4.78, 5) is 12.5. The molecule has 3 rings (SSSR count). The highest BCUT2D eigenvalue weighted by Gasteiger charge is 2.10. The second-order valence-corrected chi connectivity index (χ2v) is 4.45. The van der Waals surface area contributed by atoms with Crippen molar-refractivity contribution in [2.75, 3.05) is 6.54 Å². The Balaban J connectivity index is 2.17. The maximum Gasteiger partial charge on any atom is 0.156 e. The molecule has 1 aliphatic rings. The van der Waals surface area contributed by atoms with Crippen LogP contribution in [0.25, 0.3) is 11.0 Å². The molecule has 0 amide bonds. The monoisotopic (exact) mass is 225 g/mol. The van der Waals surface area contributed by atoms with Gasteiger partial charge in [0, 0.05) is 6.54 Å². The second-order valence-electron chi connectivity index (χ2n) is 4.45. The second kappa shape index (κ2) is 3.84. The van der Waals surface area contributed by atoms with Gasteiger partial charge in [0.1, 0.15) is 0 Å². The molecule has 86 valence electrons. The van der Waals surface area contributed by atoms with E-state index < -0.39 is 0 Å². The van der Waals surface area contributed by atoms with Gasteiger partial charge < -0.3 is 4.98 Å². The maximum atomic E-state index is 4.66. The van der Waals surface area contributed by atoms with Gasteiger partial charge in [0.15, 0.2) is 5.82 Å². The topological polar surface area (TPSA) is 41.0 Å². The standard InChI is InChI=1S/C14H15N3/c1-9-6-7-11-13(10(9)2)17-14(16-11)12-5-3-4-8-15-12/h3,5-7H,4,8H2,1-2H3,(H,16,17). The molecule has 0 fully saturated rings. The van der Waals surface area contributed by atoms with Crippen LogP contribution in [0.2, 0.25) is 0 Å². The molecule has 1 aromatic heterocycles. The van der Waals surface area contributed by atoms with Crippen LogP contribution in [0.1, 0.15) is 23.4 Å². The number of rotatable bonds is 1. The smallest absolute Gasteiger partial charge is 0.156 e. The number of imidazole rings is 1. The Hall–Kier alpha value is -1.90. The number of hydrogen-bond acceptors (Lipinski definition) is 2. The maximum absolute atomic E-state index is 4.66. The number of aromatic amines is 1. The van der Waals surface area contributed by atoms with Crippen molar-refractivity contribution in [3.63, 3.8) is 0 Å². The average molecular weight is 225 g/mol. The molecule has 17 heavy (non-hydrogen) atoms. The summed E-state index contributed by atoms with van der Waals surface area (Å²) < 4.78 is 0. The summed E-state index contributed by atoms with van der Waals surface area (Å²) in [6.45, 7) is 5.09. The molecular formula is C14H15N3. The van der Waals surface area contributed by atoms with Gasteiger partial charge in [-0.25, -0.2) is 4.98 Å². The van der Waals surface area contributed by atoms with Gasteiger partial charge >= 0.3 is 0 Å². The Morgan fingerprint density at radius 1 is 1.24 bits per heavy atom. The molecule has 0 saturated carbocycles. The number of allylic oxidation sites excluding steroid dienone is 1. The number of aromatic nitrogens is 2. The van der Waals surface area contributed by atoms with Crippen LogP contribution >= 0.6 is 0 Å². The summed E-state index contributed by atoms with van der Waals surface area (Å²) in [7, 11) is 0. The zero-order valence-corrected chi connectivity index (χ0v) is 10.1. The molecule has 0 saturated heterocycles. The van der Waals surface area contributed by atoms with Gasteiger partial charge in [-0.15, -0.1) is 0 Å². The summed E-state index contributed by atoms with van der Waals surface area (Å²) in [6.07, 6.45) is 5.22. The van der Waals surface area contributed by atoms with Gasteiger partial charge in [0.05, 0.1) is 16.7 Å². The summed E-state index contributed by atoms with van der Waals surface area (Å²) >= 11 is 0. The lowest BCUT2D eigenvalue weighted by atomic mass is 10.1. The van der Waals surface area contributed by atoms with Crippen molar-refractivity contribution < 1.29 is 0 Å². The van der Waals surface area contributed by atoms with Gasteiger partial charge in [0.2, 0.25) is 0 Å². The van der Waals surface area contributed by atoms with Gasteiger partial charge in [0.25, 0.3) is 0 Å². The van der Waals surface area contributed by atoms with Crippen molar-refractivity contribution in [1.29, 1.82) is 0 Å². The fourth-order valence-corrected chi connectivity index (χ4v) is 2.10. The molecule has 0 radical (unpaired) electrons. The molecule has 1 N–H and O–H groups in total. The van der Waals surface area contributed by atoms with Crippen molar-refractivity contribution >= 4 is 16.7 Å². The van der Waals surface area contributed by atoms with E-state index in [9.17, 15) is 0 Å². The van der Waals surface area contributed by atoms with Crippen LogP contribution in [0.4, 0.5) is 0 Å². The molecule has 0 unspecified atom stereocenters. The number of nitrogens with zero attached hydrogens (tertiary/aromatic N) is 2. The predicted octanol–water partition coefficient (Wildman–Crippen LogP) is 2.93.